The average molecular weight is 680 g/mol. The number of rotatable bonds is 7. The van der Waals surface area contributed by atoms with E-state index in [9.17, 15) is 14.4 Å². The lowest BCUT2D eigenvalue weighted by molar-refractivity contribution is -0.129. The molecule has 0 spiro atoms. The van der Waals surface area contributed by atoms with Gasteiger partial charge in [0.05, 0.1) is 12.6 Å². The van der Waals surface area contributed by atoms with Gasteiger partial charge in [0.15, 0.2) is 0 Å². The van der Waals surface area contributed by atoms with Crippen LogP contribution in [0.5, 0.6) is 0 Å². The fourth-order valence-electron chi connectivity index (χ4n) is 6.36. The van der Waals surface area contributed by atoms with Gasteiger partial charge in [0, 0.05) is 60.1 Å². The molecule has 13 nitrogen and oxygen atoms in total. The van der Waals surface area contributed by atoms with Crippen LogP contribution in [0.3, 0.4) is 0 Å². The van der Waals surface area contributed by atoms with E-state index >= 15 is 0 Å². The number of H-pyrrole nitrogens is 1. The Kier molecular flexibility index (Phi) is 10.4. The molecule has 5 aromatic rings. The van der Waals surface area contributed by atoms with Crippen molar-refractivity contribution in [2.45, 2.75) is 84.8 Å². The first-order chi connectivity index (χ1) is 24.0. The lowest BCUT2D eigenvalue weighted by Crippen LogP contribution is -2.49. The summed E-state index contributed by atoms with van der Waals surface area (Å²) in [6.07, 6.45) is 3.38. The summed E-state index contributed by atoms with van der Waals surface area (Å²) in [6, 6.07) is 13.8. The van der Waals surface area contributed by atoms with Gasteiger partial charge < -0.3 is 25.0 Å². The topological polar surface area (TPSA) is 164 Å². The molecule has 262 valence electrons. The van der Waals surface area contributed by atoms with Gasteiger partial charge in [-0.05, 0) is 49.4 Å². The van der Waals surface area contributed by atoms with Crippen molar-refractivity contribution in [1.29, 1.82) is 0 Å². The van der Waals surface area contributed by atoms with Crippen molar-refractivity contribution in [2.24, 2.45) is 5.92 Å². The Morgan fingerprint density at radius 3 is 2.48 bits per heavy atom. The molecule has 3 N–H and O–H groups in total. The van der Waals surface area contributed by atoms with Gasteiger partial charge in [-0.15, -0.1) is 0 Å². The van der Waals surface area contributed by atoms with Gasteiger partial charge in [0.2, 0.25) is 23.5 Å². The maximum atomic E-state index is 14.0. The van der Waals surface area contributed by atoms with Crippen LogP contribution in [-0.2, 0) is 22.6 Å². The predicted octanol–water partition coefficient (Wildman–Crippen LogP) is 5.11. The van der Waals surface area contributed by atoms with Crippen LogP contribution in [0.4, 0.5) is 0 Å². The van der Waals surface area contributed by atoms with E-state index in [1.54, 1.807) is 21.7 Å². The number of nitrogens with one attached hydrogen (secondary N) is 3. The molecule has 1 aliphatic heterocycles. The van der Waals surface area contributed by atoms with Gasteiger partial charge >= 0.3 is 0 Å². The van der Waals surface area contributed by atoms with Crippen molar-refractivity contribution in [2.75, 3.05) is 13.1 Å². The Morgan fingerprint density at radius 1 is 0.960 bits per heavy atom. The zero-order chi connectivity index (χ0) is 35.4. The molecule has 0 bridgehead atoms. The Hall–Kier alpha value is -5.33. The lowest BCUT2D eigenvalue weighted by Gasteiger charge is -2.27. The molecule has 0 saturated heterocycles. The van der Waals surface area contributed by atoms with Gasteiger partial charge in [0.1, 0.15) is 17.7 Å². The molecule has 3 amide bonds. The number of hydrogen-bond acceptors (Lipinski definition) is 8. The number of carbonyl (C=O) groups excluding carboxylic acids is 3. The maximum Gasteiger partial charge on any atom is 0.253 e. The molecule has 0 saturated carbocycles. The number of aromatic amines is 1. The number of aromatic nitrogens is 6. The van der Waals surface area contributed by atoms with Crippen LogP contribution in [0.15, 0.2) is 59.3 Å². The minimum atomic E-state index is -0.816. The largest absolute Gasteiger partial charge is 0.361 e. The van der Waals surface area contributed by atoms with Gasteiger partial charge in [-0.25, -0.2) is 9.67 Å². The molecular weight excluding hydrogens is 634 g/mol. The molecule has 0 radical (unpaired) electrons. The van der Waals surface area contributed by atoms with E-state index in [1.165, 1.54) is 0 Å². The summed E-state index contributed by atoms with van der Waals surface area (Å²) in [6.45, 7) is 11.0. The van der Waals surface area contributed by atoms with Gasteiger partial charge in [-0.1, -0.05) is 63.2 Å². The van der Waals surface area contributed by atoms with Crippen LogP contribution < -0.4 is 10.6 Å². The number of amides is 3. The minimum absolute atomic E-state index is 0.110. The van der Waals surface area contributed by atoms with Crippen LogP contribution in [0.2, 0.25) is 0 Å². The Morgan fingerprint density at radius 2 is 1.74 bits per heavy atom. The first-order valence-corrected chi connectivity index (χ1v) is 17.3. The van der Waals surface area contributed by atoms with Crippen LogP contribution in [0, 0.1) is 12.8 Å². The number of hydrogen-bond donors (Lipinski definition) is 3. The zero-order valence-electron chi connectivity index (χ0n) is 29.3. The summed E-state index contributed by atoms with van der Waals surface area (Å²) >= 11 is 0. The first-order valence-electron chi connectivity index (χ1n) is 17.3. The molecule has 6 rings (SSSR count). The van der Waals surface area contributed by atoms with Crippen LogP contribution in [-0.4, -0.2) is 71.6 Å². The number of fused-ring (bicyclic) bond motifs is 2. The predicted molar refractivity (Wildman–Crippen MR) is 188 cm³/mol. The Balaban J connectivity index is 1.27. The highest BCUT2D eigenvalue weighted by Gasteiger charge is 2.29. The summed E-state index contributed by atoms with van der Waals surface area (Å²) in [4.78, 5) is 55.5. The molecule has 1 aliphatic rings. The quantitative estimate of drug-likeness (QED) is 0.214. The summed E-state index contributed by atoms with van der Waals surface area (Å²) in [7, 11) is 0. The number of carbonyl (C=O) groups is 3. The Bertz CT molecular complexity index is 1960. The van der Waals surface area contributed by atoms with Crippen LogP contribution in [0.25, 0.3) is 22.3 Å². The van der Waals surface area contributed by atoms with E-state index in [0.717, 1.165) is 22.0 Å². The molecule has 2 aromatic carbocycles. The maximum absolute atomic E-state index is 14.0. The second-order valence-corrected chi connectivity index (χ2v) is 13.7. The molecule has 0 unspecified atom stereocenters. The fourth-order valence-corrected chi connectivity index (χ4v) is 6.36. The normalized spacial score (nSPS) is 17.9. The van der Waals surface area contributed by atoms with Crippen molar-refractivity contribution >= 4 is 28.6 Å². The lowest BCUT2D eigenvalue weighted by atomic mass is 10.0. The number of para-hydroxylation sites is 1. The van der Waals surface area contributed by atoms with Crippen molar-refractivity contribution in [1.82, 2.24) is 45.4 Å². The van der Waals surface area contributed by atoms with Crippen molar-refractivity contribution in [3.05, 3.63) is 83.4 Å². The second kappa shape index (κ2) is 15.1. The second-order valence-electron chi connectivity index (χ2n) is 13.7. The highest BCUT2D eigenvalue weighted by Crippen LogP contribution is 2.24. The van der Waals surface area contributed by atoms with Crippen LogP contribution in [0.1, 0.15) is 92.4 Å². The highest BCUT2D eigenvalue weighted by molar-refractivity contribution is 5.95. The third kappa shape index (κ3) is 7.93. The molecule has 2 atom stereocenters. The molecule has 4 heterocycles. The SMILES string of the molecule is Cc1nc2n(n1)CCN(C(=O)c1ccc(-c3noc(C(C)C)n3)cc1)CCCC(=O)N[C@H](Cc1c[nH]c3ccccc13)C(=O)N[C@H]2CC(C)C. The molecule has 0 fully saturated rings. The summed E-state index contributed by atoms with van der Waals surface area (Å²) in [5, 5.41) is 16.0. The molecule has 0 aliphatic carbocycles. The zero-order valence-corrected chi connectivity index (χ0v) is 29.3. The fraction of sp³-hybridized carbons (Fsp3) is 0.432. The summed E-state index contributed by atoms with van der Waals surface area (Å²) < 4.78 is 7.15. The third-order valence-electron chi connectivity index (χ3n) is 8.92. The first kappa shape index (κ1) is 34.5. The molecule has 50 heavy (non-hydrogen) atoms. The molecule has 13 heteroatoms. The van der Waals surface area contributed by atoms with E-state index in [1.807, 2.05) is 63.4 Å². The monoisotopic (exact) mass is 679 g/mol. The highest BCUT2D eigenvalue weighted by atomic mass is 16.5. The van der Waals surface area contributed by atoms with Crippen LogP contribution >= 0.6 is 0 Å². The van der Waals surface area contributed by atoms with Crippen molar-refractivity contribution in [3.8, 4) is 11.4 Å². The smallest absolute Gasteiger partial charge is 0.253 e. The molecule has 3 aromatic heterocycles. The standard InChI is InChI=1S/C37H45N9O4/c1-22(2)19-30-34-39-24(5)43-46(34)18-17-45(37(49)26-14-12-25(13-15-26)33-42-36(23(3)4)50-44-33)16-8-11-32(47)40-31(35(48)41-30)20-27-21-38-29-10-7-6-9-28(27)29/h6-7,9-10,12-15,21-23,30-31,38H,8,11,16-20H2,1-5H3,(H,40,47)(H,41,48)/t30-,31+/m0/s1. The van der Waals surface area contributed by atoms with E-state index in [0.29, 0.717) is 67.8 Å². The summed E-state index contributed by atoms with van der Waals surface area (Å²) in [5.74, 6) is 1.87. The molecular formula is C37H45N9O4. The van der Waals surface area contributed by atoms with Gasteiger partial charge in [-0.2, -0.15) is 10.1 Å². The number of nitrogens with zero attached hydrogens (tertiary/aromatic N) is 6. The van der Waals surface area contributed by atoms with E-state index in [4.69, 9.17) is 9.51 Å². The van der Waals surface area contributed by atoms with Gasteiger partial charge in [0.25, 0.3) is 5.91 Å². The van der Waals surface area contributed by atoms with Crippen molar-refractivity contribution in [3.63, 3.8) is 0 Å². The van der Waals surface area contributed by atoms with E-state index < -0.39 is 12.1 Å². The van der Waals surface area contributed by atoms with E-state index in [2.05, 4.69) is 44.7 Å². The summed E-state index contributed by atoms with van der Waals surface area (Å²) in [5.41, 5.74) is 3.15. The average Bonchev–Trinajstić information content (AvgIpc) is 3.84. The van der Waals surface area contributed by atoms with Crippen molar-refractivity contribution < 1.29 is 18.9 Å². The van der Waals surface area contributed by atoms with Gasteiger partial charge in [-0.3, -0.25) is 14.4 Å². The number of benzene rings is 2. The van der Waals surface area contributed by atoms with E-state index in [-0.39, 0.29) is 36.0 Å². The third-order valence-corrected chi connectivity index (χ3v) is 8.92. The number of aryl methyl sites for hydroxylation is 1. The Labute approximate surface area is 291 Å². The minimum Gasteiger partial charge on any atom is -0.361 e.